The Kier molecular flexibility index (Phi) is 4.09. The lowest BCUT2D eigenvalue weighted by molar-refractivity contribution is 0.354. The minimum absolute atomic E-state index is 0.302. The number of ether oxygens (including phenoxy) is 2. The molecule has 6 heteroatoms. The van der Waals surface area contributed by atoms with E-state index in [0.29, 0.717) is 41.5 Å². The first-order valence-corrected chi connectivity index (χ1v) is 8.21. The van der Waals surface area contributed by atoms with Gasteiger partial charge in [-0.15, -0.1) is 0 Å². The van der Waals surface area contributed by atoms with Gasteiger partial charge in [0.2, 0.25) is 5.89 Å². The van der Waals surface area contributed by atoms with Crippen LogP contribution in [0, 0.1) is 0 Å². The van der Waals surface area contributed by atoms with Crippen LogP contribution in [0.2, 0.25) is 0 Å². The number of methoxy groups -OCH3 is 2. The third-order valence-electron chi connectivity index (χ3n) is 4.51. The van der Waals surface area contributed by atoms with Crippen molar-refractivity contribution in [1.82, 2.24) is 15.1 Å². The summed E-state index contributed by atoms with van der Waals surface area (Å²) in [7, 11) is 3.25. The van der Waals surface area contributed by atoms with Gasteiger partial charge in [-0.3, -0.25) is 4.98 Å². The molecule has 0 saturated heterocycles. The molecule has 1 fully saturated rings. The van der Waals surface area contributed by atoms with E-state index in [0.717, 1.165) is 12.0 Å². The van der Waals surface area contributed by atoms with Crippen LogP contribution in [0.25, 0.3) is 0 Å². The minimum Gasteiger partial charge on any atom is -0.493 e. The average molecular weight is 337 g/mol. The van der Waals surface area contributed by atoms with Crippen molar-refractivity contribution in [2.75, 3.05) is 14.2 Å². The molecule has 0 aliphatic heterocycles. The fourth-order valence-corrected chi connectivity index (χ4v) is 3.09. The Balaban J connectivity index is 1.46. The van der Waals surface area contributed by atoms with E-state index in [2.05, 4.69) is 21.2 Å². The number of benzene rings is 1. The average Bonchev–Trinajstić information content (AvgIpc) is 3.34. The number of hydrogen-bond donors (Lipinski definition) is 0. The quantitative estimate of drug-likeness (QED) is 0.687. The summed E-state index contributed by atoms with van der Waals surface area (Å²) in [6.07, 6.45) is 5.32. The maximum Gasteiger partial charge on any atom is 0.230 e. The van der Waals surface area contributed by atoms with Crippen molar-refractivity contribution in [3.63, 3.8) is 0 Å². The van der Waals surface area contributed by atoms with Crippen LogP contribution < -0.4 is 9.47 Å². The van der Waals surface area contributed by atoms with Gasteiger partial charge in [0.15, 0.2) is 17.3 Å². The summed E-state index contributed by atoms with van der Waals surface area (Å²) in [5.74, 6) is 3.53. The number of pyridine rings is 1. The molecule has 2 aromatic heterocycles. The molecule has 2 atom stereocenters. The van der Waals surface area contributed by atoms with Crippen molar-refractivity contribution in [1.29, 1.82) is 0 Å². The molecule has 0 spiro atoms. The molecule has 2 heterocycles. The van der Waals surface area contributed by atoms with Crippen LogP contribution >= 0.6 is 0 Å². The smallest absolute Gasteiger partial charge is 0.230 e. The van der Waals surface area contributed by atoms with Gasteiger partial charge in [-0.25, -0.2) is 0 Å². The summed E-state index contributed by atoms with van der Waals surface area (Å²) >= 11 is 0. The Labute approximate surface area is 145 Å². The second kappa shape index (κ2) is 6.55. The van der Waals surface area contributed by atoms with Crippen LogP contribution in [-0.2, 0) is 6.42 Å². The SMILES string of the molecule is COc1ccc(Cc2noc([C@@H]3C[C@@H]3c3cccnc3)n2)cc1OC. The van der Waals surface area contributed by atoms with E-state index in [9.17, 15) is 0 Å². The van der Waals surface area contributed by atoms with Crippen LogP contribution in [0.1, 0.15) is 41.1 Å². The van der Waals surface area contributed by atoms with E-state index in [1.807, 2.05) is 30.5 Å². The third-order valence-corrected chi connectivity index (χ3v) is 4.51. The van der Waals surface area contributed by atoms with E-state index in [1.54, 1.807) is 20.4 Å². The van der Waals surface area contributed by atoms with Crippen molar-refractivity contribution < 1.29 is 14.0 Å². The summed E-state index contributed by atoms with van der Waals surface area (Å²) < 4.78 is 16.1. The van der Waals surface area contributed by atoms with Crippen molar-refractivity contribution >= 4 is 0 Å². The topological polar surface area (TPSA) is 70.3 Å². The molecular weight excluding hydrogens is 318 g/mol. The van der Waals surface area contributed by atoms with Crippen molar-refractivity contribution in [2.24, 2.45) is 0 Å². The Morgan fingerprint density at radius 3 is 2.76 bits per heavy atom. The van der Waals surface area contributed by atoms with Gasteiger partial charge in [-0.2, -0.15) is 4.98 Å². The molecule has 0 unspecified atom stereocenters. The molecular formula is C19H19N3O3. The first-order chi connectivity index (χ1) is 12.3. The summed E-state index contributed by atoms with van der Waals surface area (Å²) in [6.45, 7) is 0. The van der Waals surface area contributed by atoms with E-state index in [4.69, 9.17) is 14.0 Å². The van der Waals surface area contributed by atoms with Crippen molar-refractivity contribution in [2.45, 2.75) is 24.7 Å². The van der Waals surface area contributed by atoms with Gasteiger partial charge in [0.05, 0.1) is 14.2 Å². The molecule has 3 aromatic rings. The Bertz CT molecular complexity index is 863. The van der Waals surface area contributed by atoms with Crippen LogP contribution in [0.3, 0.4) is 0 Å². The van der Waals surface area contributed by atoms with Crippen molar-refractivity contribution in [3.05, 3.63) is 65.6 Å². The number of rotatable bonds is 6. The highest BCUT2D eigenvalue weighted by Crippen LogP contribution is 2.53. The van der Waals surface area contributed by atoms with E-state index in [-0.39, 0.29) is 0 Å². The zero-order chi connectivity index (χ0) is 17.2. The fourth-order valence-electron chi connectivity index (χ4n) is 3.09. The first kappa shape index (κ1) is 15.6. The van der Waals surface area contributed by atoms with Crippen LogP contribution in [0.15, 0.2) is 47.2 Å². The summed E-state index contributed by atoms with van der Waals surface area (Å²) in [4.78, 5) is 8.75. The molecule has 6 nitrogen and oxygen atoms in total. The molecule has 25 heavy (non-hydrogen) atoms. The molecule has 128 valence electrons. The summed E-state index contributed by atoms with van der Waals surface area (Å²) in [6, 6.07) is 9.85. The lowest BCUT2D eigenvalue weighted by Gasteiger charge is -2.08. The first-order valence-electron chi connectivity index (χ1n) is 8.21. The standard InChI is InChI=1S/C19H19N3O3/c1-23-16-6-5-12(8-17(16)24-2)9-18-21-19(25-22-18)15-10-14(15)13-4-3-7-20-11-13/h3-8,11,14-15H,9-10H2,1-2H3/t14-,15-/m1/s1. The highest BCUT2D eigenvalue weighted by molar-refractivity contribution is 5.43. The monoisotopic (exact) mass is 337 g/mol. The minimum atomic E-state index is 0.302. The van der Waals surface area contributed by atoms with Crippen LogP contribution in [0.5, 0.6) is 11.5 Å². The van der Waals surface area contributed by atoms with Crippen molar-refractivity contribution in [3.8, 4) is 11.5 Å². The maximum atomic E-state index is 5.48. The maximum absolute atomic E-state index is 5.48. The Morgan fingerprint density at radius 2 is 2.00 bits per heavy atom. The Morgan fingerprint density at radius 1 is 1.12 bits per heavy atom. The van der Waals surface area contributed by atoms with Crippen LogP contribution in [0.4, 0.5) is 0 Å². The summed E-state index contributed by atoms with van der Waals surface area (Å²) in [5, 5.41) is 4.13. The van der Waals surface area contributed by atoms with Gasteiger partial charge in [-0.1, -0.05) is 17.3 Å². The number of hydrogen-bond acceptors (Lipinski definition) is 6. The molecule has 0 amide bonds. The molecule has 1 saturated carbocycles. The van der Waals surface area contributed by atoms with E-state index < -0.39 is 0 Å². The number of aromatic nitrogens is 3. The van der Waals surface area contributed by atoms with E-state index >= 15 is 0 Å². The molecule has 0 radical (unpaired) electrons. The third kappa shape index (κ3) is 3.20. The second-order valence-electron chi connectivity index (χ2n) is 6.15. The van der Waals surface area contributed by atoms with Gasteiger partial charge in [0.25, 0.3) is 0 Å². The predicted molar refractivity (Wildman–Crippen MR) is 91.0 cm³/mol. The number of nitrogens with zero attached hydrogens (tertiary/aromatic N) is 3. The van der Waals surface area contributed by atoms with Crippen LogP contribution in [-0.4, -0.2) is 29.3 Å². The highest BCUT2D eigenvalue weighted by Gasteiger charge is 2.43. The zero-order valence-electron chi connectivity index (χ0n) is 14.2. The lowest BCUT2D eigenvalue weighted by atomic mass is 10.1. The van der Waals surface area contributed by atoms with Gasteiger partial charge in [0.1, 0.15) is 0 Å². The molecule has 0 N–H and O–H groups in total. The molecule has 1 aliphatic rings. The highest BCUT2D eigenvalue weighted by atomic mass is 16.5. The molecule has 0 bridgehead atoms. The van der Waals surface area contributed by atoms with Gasteiger partial charge in [0, 0.05) is 24.7 Å². The largest absolute Gasteiger partial charge is 0.493 e. The van der Waals surface area contributed by atoms with Gasteiger partial charge in [-0.05, 0) is 41.7 Å². The lowest BCUT2D eigenvalue weighted by Crippen LogP contribution is -1.95. The molecule has 4 rings (SSSR count). The Hall–Kier alpha value is -2.89. The second-order valence-corrected chi connectivity index (χ2v) is 6.15. The zero-order valence-corrected chi connectivity index (χ0v) is 14.2. The van der Waals surface area contributed by atoms with Gasteiger partial charge >= 0.3 is 0 Å². The summed E-state index contributed by atoms with van der Waals surface area (Å²) in [5.41, 5.74) is 2.27. The normalized spacial score (nSPS) is 18.8. The molecule has 1 aliphatic carbocycles. The fraction of sp³-hybridized carbons (Fsp3) is 0.316. The van der Waals surface area contributed by atoms with E-state index in [1.165, 1.54) is 5.56 Å². The van der Waals surface area contributed by atoms with Gasteiger partial charge < -0.3 is 14.0 Å². The molecule has 1 aromatic carbocycles. The predicted octanol–water partition coefficient (Wildman–Crippen LogP) is 3.34.